The van der Waals surface area contributed by atoms with E-state index < -0.39 is 0 Å². The molecule has 6 heteroatoms. The van der Waals surface area contributed by atoms with Gasteiger partial charge in [-0.25, -0.2) is 4.98 Å². The zero-order valence-electron chi connectivity index (χ0n) is 13.4. The van der Waals surface area contributed by atoms with E-state index in [1.165, 1.54) is 0 Å². The standard InChI is InChI=1S/C17H19N5O/c1-4-22(14-8-6-5-7-9-14)17-18-12(2)10-15(20-17)19-16-11-13(3)23-21-16/h5-11H,4H2,1-3H3,(H,18,19,20,21). The minimum atomic E-state index is 0.634. The summed E-state index contributed by atoms with van der Waals surface area (Å²) in [6.07, 6.45) is 0. The van der Waals surface area contributed by atoms with Gasteiger partial charge in [0.25, 0.3) is 0 Å². The van der Waals surface area contributed by atoms with E-state index in [0.717, 1.165) is 23.7 Å². The smallest absolute Gasteiger partial charge is 0.232 e. The largest absolute Gasteiger partial charge is 0.360 e. The van der Waals surface area contributed by atoms with Gasteiger partial charge in [0.05, 0.1) is 0 Å². The Hall–Kier alpha value is -2.89. The maximum Gasteiger partial charge on any atom is 0.232 e. The molecule has 0 atom stereocenters. The maximum atomic E-state index is 5.07. The Morgan fingerprint density at radius 2 is 1.83 bits per heavy atom. The highest BCUT2D eigenvalue weighted by Crippen LogP contribution is 2.24. The molecule has 1 N–H and O–H groups in total. The average Bonchev–Trinajstić information content (AvgIpc) is 2.93. The number of para-hydroxylation sites is 1. The number of rotatable bonds is 5. The lowest BCUT2D eigenvalue weighted by Crippen LogP contribution is -2.19. The molecular formula is C17H19N5O. The summed E-state index contributed by atoms with van der Waals surface area (Å²) in [6.45, 7) is 6.65. The first-order chi connectivity index (χ1) is 11.2. The van der Waals surface area contributed by atoms with E-state index >= 15 is 0 Å². The number of aromatic nitrogens is 3. The second-order valence-corrected chi connectivity index (χ2v) is 5.22. The van der Waals surface area contributed by atoms with Crippen molar-refractivity contribution >= 4 is 23.3 Å². The Bertz CT molecular complexity index is 785. The van der Waals surface area contributed by atoms with Crippen molar-refractivity contribution in [3.8, 4) is 0 Å². The maximum absolute atomic E-state index is 5.07. The van der Waals surface area contributed by atoms with Crippen LogP contribution in [0, 0.1) is 13.8 Å². The third kappa shape index (κ3) is 3.48. The van der Waals surface area contributed by atoms with Crippen molar-refractivity contribution in [1.82, 2.24) is 15.1 Å². The molecule has 1 aromatic carbocycles. The van der Waals surface area contributed by atoms with Gasteiger partial charge in [-0.15, -0.1) is 0 Å². The van der Waals surface area contributed by atoms with E-state index in [1.807, 2.05) is 56.3 Å². The zero-order valence-corrected chi connectivity index (χ0v) is 13.4. The Balaban J connectivity index is 1.93. The van der Waals surface area contributed by atoms with Crippen LogP contribution in [-0.4, -0.2) is 21.7 Å². The average molecular weight is 309 g/mol. The van der Waals surface area contributed by atoms with Crippen LogP contribution in [0.5, 0.6) is 0 Å². The van der Waals surface area contributed by atoms with Gasteiger partial charge in [0, 0.05) is 30.1 Å². The highest BCUT2D eigenvalue weighted by Gasteiger charge is 2.12. The zero-order chi connectivity index (χ0) is 16.2. The molecule has 2 heterocycles. The number of hydrogen-bond donors (Lipinski definition) is 1. The molecule has 6 nitrogen and oxygen atoms in total. The molecule has 3 rings (SSSR count). The van der Waals surface area contributed by atoms with Crippen molar-refractivity contribution < 1.29 is 4.52 Å². The van der Waals surface area contributed by atoms with Crippen LogP contribution in [0.15, 0.2) is 47.0 Å². The molecule has 0 unspecified atom stereocenters. The predicted molar refractivity (Wildman–Crippen MR) is 90.4 cm³/mol. The van der Waals surface area contributed by atoms with Crippen molar-refractivity contribution in [2.45, 2.75) is 20.8 Å². The van der Waals surface area contributed by atoms with Crippen molar-refractivity contribution in [2.24, 2.45) is 0 Å². The van der Waals surface area contributed by atoms with Crippen LogP contribution in [0.25, 0.3) is 0 Å². The lowest BCUT2D eigenvalue weighted by atomic mass is 10.3. The predicted octanol–water partition coefficient (Wildman–Crippen LogP) is 3.98. The lowest BCUT2D eigenvalue weighted by molar-refractivity contribution is 0.400. The van der Waals surface area contributed by atoms with Crippen LogP contribution in [0.2, 0.25) is 0 Å². The Morgan fingerprint density at radius 3 is 2.48 bits per heavy atom. The summed E-state index contributed by atoms with van der Waals surface area (Å²) >= 11 is 0. The summed E-state index contributed by atoms with van der Waals surface area (Å²) in [5.74, 6) is 2.73. The van der Waals surface area contributed by atoms with Crippen LogP contribution in [0.1, 0.15) is 18.4 Å². The van der Waals surface area contributed by atoms with E-state index in [0.29, 0.717) is 17.6 Å². The number of nitrogens with one attached hydrogen (secondary N) is 1. The molecule has 0 saturated heterocycles. The van der Waals surface area contributed by atoms with Crippen LogP contribution >= 0.6 is 0 Å². The van der Waals surface area contributed by atoms with Gasteiger partial charge >= 0.3 is 0 Å². The van der Waals surface area contributed by atoms with Gasteiger partial charge < -0.3 is 14.7 Å². The van der Waals surface area contributed by atoms with Gasteiger partial charge in [-0.05, 0) is 32.9 Å². The first-order valence-corrected chi connectivity index (χ1v) is 7.54. The van der Waals surface area contributed by atoms with Gasteiger partial charge in [0.15, 0.2) is 5.82 Å². The van der Waals surface area contributed by atoms with Gasteiger partial charge in [-0.2, -0.15) is 4.98 Å². The summed E-state index contributed by atoms with van der Waals surface area (Å²) in [6, 6.07) is 13.8. The Morgan fingerprint density at radius 1 is 1.04 bits per heavy atom. The molecular weight excluding hydrogens is 290 g/mol. The first kappa shape index (κ1) is 15.0. The van der Waals surface area contributed by atoms with E-state index in [2.05, 4.69) is 32.3 Å². The minimum absolute atomic E-state index is 0.634. The molecule has 0 spiro atoms. The van der Waals surface area contributed by atoms with Gasteiger partial charge in [-0.1, -0.05) is 23.4 Å². The third-order valence-corrected chi connectivity index (χ3v) is 3.35. The fraction of sp³-hybridized carbons (Fsp3) is 0.235. The normalized spacial score (nSPS) is 10.6. The molecule has 0 amide bonds. The van der Waals surface area contributed by atoms with E-state index in [4.69, 9.17) is 4.52 Å². The molecule has 0 radical (unpaired) electrons. The minimum Gasteiger partial charge on any atom is -0.360 e. The SMILES string of the molecule is CCN(c1ccccc1)c1nc(C)cc(Nc2cc(C)on2)n1. The molecule has 0 saturated carbocycles. The fourth-order valence-corrected chi connectivity index (χ4v) is 2.34. The molecule has 0 aliphatic heterocycles. The number of benzene rings is 1. The highest BCUT2D eigenvalue weighted by atomic mass is 16.5. The van der Waals surface area contributed by atoms with Crippen LogP contribution in [-0.2, 0) is 0 Å². The summed E-state index contributed by atoms with van der Waals surface area (Å²) in [5.41, 5.74) is 1.94. The van der Waals surface area contributed by atoms with E-state index in [9.17, 15) is 0 Å². The molecule has 0 fully saturated rings. The number of anilines is 4. The fourth-order valence-electron chi connectivity index (χ4n) is 2.34. The number of hydrogen-bond acceptors (Lipinski definition) is 6. The van der Waals surface area contributed by atoms with Gasteiger partial charge in [-0.3, -0.25) is 0 Å². The number of aryl methyl sites for hydroxylation is 2. The highest BCUT2D eigenvalue weighted by molar-refractivity contribution is 5.60. The topological polar surface area (TPSA) is 67.1 Å². The Labute approximate surface area is 135 Å². The van der Waals surface area contributed by atoms with Crippen LogP contribution in [0.3, 0.4) is 0 Å². The van der Waals surface area contributed by atoms with Crippen molar-refractivity contribution in [2.75, 3.05) is 16.8 Å². The molecule has 0 bridgehead atoms. The molecule has 0 aliphatic rings. The van der Waals surface area contributed by atoms with E-state index in [-0.39, 0.29) is 0 Å². The number of nitrogens with zero attached hydrogens (tertiary/aromatic N) is 4. The van der Waals surface area contributed by atoms with Gasteiger partial charge in [0.2, 0.25) is 5.95 Å². The van der Waals surface area contributed by atoms with Crippen molar-refractivity contribution in [3.63, 3.8) is 0 Å². The third-order valence-electron chi connectivity index (χ3n) is 3.35. The molecule has 3 aromatic rings. The van der Waals surface area contributed by atoms with E-state index in [1.54, 1.807) is 0 Å². The second kappa shape index (κ2) is 6.48. The molecule has 118 valence electrons. The van der Waals surface area contributed by atoms with Crippen molar-refractivity contribution in [1.29, 1.82) is 0 Å². The van der Waals surface area contributed by atoms with Crippen molar-refractivity contribution in [3.05, 3.63) is 53.9 Å². The van der Waals surface area contributed by atoms with Crippen LogP contribution < -0.4 is 10.2 Å². The lowest BCUT2D eigenvalue weighted by Gasteiger charge is -2.21. The molecule has 2 aromatic heterocycles. The quantitative estimate of drug-likeness (QED) is 0.769. The summed E-state index contributed by atoms with van der Waals surface area (Å²) < 4.78 is 5.07. The molecule has 23 heavy (non-hydrogen) atoms. The second-order valence-electron chi connectivity index (χ2n) is 5.22. The van der Waals surface area contributed by atoms with Gasteiger partial charge in [0.1, 0.15) is 11.6 Å². The monoisotopic (exact) mass is 309 g/mol. The first-order valence-electron chi connectivity index (χ1n) is 7.54. The Kier molecular flexibility index (Phi) is 4.23. The summed E-state index contributed by atoms with van der Waals surface area (Å²) in [5, 5.41) is 7.09. The summed E-state index contributed by atoms with van der Waals surface area (Å²) in [4.78, 5) is 11.2. The summed E-state index contributed by atoms with van der Waals surface area (Å²) in [7, 11) is 0. The van der Waals surface area contributed by atoms with Crippen LogP contribution in [0.4, 0.5) is 23.3 Å². The molecule has 0 aliphatic carbocycles.